The number of fused-ring (bicyclic) bond motifs is 5. The lowest BCUT2D eigenvalue weighted by Gasteiger charge is -2.29. The van der Waals surface area contributed by atoms with Gasteiger partial charge in [0, 0.05) is 44.9 Å². The first-order valence-corrected chi connectivity index (χ1v) is 19.0. The van der Waals surface area contributed by atoms with Gasteiger partial charge in [0.25, 0.3) is 0 Å². The van der Waals surface area contributed by atoms with Gasteiger partial charge in [0.1, 0.15) is 0 Å². The largest absolute Gasteiger partial charge is 0.310 e. The maximum absolute atomic E-state index is 2.45. The summed E-state index contributed by atoms with van der Waals surface area (Å²) in [6.07, 6.45) is 16.9. The summed E-state index contributed by atoms with van der Waals surface area (Å²) in [6.45, 7) is 4.82. The van der Waals surface area contributed by atoms with Gasteiger partial charge in [-0.05, 0) is 119 Å². The molecule has 7 aromatic rings. The number of aromatic nitrogens is 1. The number of anilines is 3. The number of allylic oxidation sites excluding steroid dienone is 8. The van der Waals surface area contributed by atoms with Crippen LogP contribution in [0.3, 0.4) is 0 Å². The molecule has 0 saturated carbocycles. The van der Waals surface area contributed by atoms with E-state index in [1.807, 2.05) is 0 Å². The van der Waals surface area contributed by atoms with Crippen LogP contribution in [0.25, 0.3) is 44.2 Å². The normalized spacial score (nSPS) is 17.1. The summed E-state index contributed by atoms with van der Waals surface area (Å²) in [5.74, 6) is 0.423. The first kappa shape index (κ1) is 31.6. The third kappa shape index (κ3) is 5.24. The lowest BCUT2D eigenvalue weighted by atomic mass is 9.78. The molecule has 53 heavy (non-hydrogen) atoms. The minimum atomic E-state index is 0.00787. The summed E-state index contributed by atoms with van der Waals surface area (Å²) in [7, 11) is 0. The Bertz CT molecular complexity index is 2640. The van der Waals surface area contributed by atoms with E-state index in [-0.39, 0.29) is 5.41 Å². The lowest BCUT2D eigenvalue weighted by molar-refractivity contribution is 0.607. The van der Waals surface area contributed by atoms with Crippen LogP contribution in [-0.4, -0.2) is 4.57 Å². The molecule has 0 bridgehead atoms. The molecule has 2 heteroatoms. The lowest BCUT2D eigenvalue weighted by Crippen LogP contribution is -2.18. The highest BCUT2D eigenvalue weighted by molar-refractivity contribution is 6.10. The second-order valence-electron chi connectivity index (χ2n) is 15.2. The molecule has 2 nitrogen and oxygen atoms in total. The van der Waals surface area contributed by atoms with Gasteiger partial charge in [-0.15, -0.1) is 0 Å². The van der Waals surface area contributed by atoms with Gasteiger partial charge in [-0.25, -0.2) is 0 Å². The molecule has 0 N–H and O–H groups in total. The number of para-hydroxylation sites is 2. The topological polar surface area (TPSA) is 8.17 Å². The van der Waals surface area contributed by atoms with Crippen molar-refractivity contribution < 1.29 is 0 Å². The second kappa shape index (κ2) is 12.5. The third-order valence-electron chi connectivity index (χ3n) is 11.9. The maximum atomic E-state index is 2.45. The Hall–Kier alpha value is -6.12. The summed E-state index contributed by atoms with van der Waals surface area (Å²) in [5, 5.41) is 2.54. The number of nitrogens with zero attached hydrogens (tertiary/aromatic N) is 2. The molecule has 10 rings (SSSR count). The van der Waals surface area contributed by atoms with Crippen LogP contribution in [0.1, 0.15) is 55.7 Å². The van der Waals surface area contributed by atoms with Crippen molar-refractivity contribution in [1.29, 1.82) is 0 Å². The molecule has 0 aliphatic heterocycles. The van der Waals surface area contributed by atoms with E-state index >= 15 is 0 Å². The van der Waals surface area contributed by atoms with Crippen molar-refractivity contribution in [2.24, 2.45) is 0 Å². The predicted molar refractivity (Wildman–Crippen MR) is 225 cm³/mol. The minimum absolute atomic E-state index is 0.00787. The van der Waals surface area contributed by atoms with Gasteiger partial charge >= 0.3 is 0 Å². The fourth-order valence-corrected chi connectivity index (χ4v) is 9.11. The zero-order valence-corrected chi connectivity index (χ0v) is 30.3. The Morgan fingerprint density at radius 3 is 2.13 bits per heavy atom. The zero-order chi connectivity index (χ0) is 35.5. The van der Waals surface area contributed by atoms with Crippen molar-refractivity contribution in [2.45, 2.75) is 44.4 Å². The van der Waals surface area contributed by atoms with E-state index in [9.17, 15) is 0 Å². The Labute approximate surface area is 312 Å². The van der Waals surface area contributed by atoms with Gasteiger partial charge in [0.2, 0.25) is 0 Å². The number of hydrogen-bond acceptors (Lipinski definition) is 1. The summed E-state index contributed by atoms with van der Waals surface area (Å²) in [5.41, 5.74) is 16.7. The fraction of sp³-hybridized carbons (Fsp3) is 0.137. The number of hydrogen-bond donors (Lipinski definition) is 0. The molecule has 6 aromatic carbocycles. The molecule has 256 valence electrons. The zero-order valence-electron chi connectivity index (χ0n) is 30.3. The SMILES string of the molecule is CC1(C)C2=C(C=CCC2)c2ccc(N(c3ccc(-c4ccc5c(c4)c4ccccc4n5-c4ccccc4)cc3)c3ccc(C4C=CC=CC4)cc3)cc21. The molecule has 0 fully saturated rings. The monoisotopic (exact) mass is 682 g/mol. The van der Waals surface area contributed by atoms with Crippen LogP contribution in [0.15, 0.2) is 182 Å². The van der Waals surface area contributed by atoms with Crippen LogP contribution in [0.2, 0.25) is 0 Å². The smallest absolute Gasteiger partial charge is 0.0541 e. The molecular weight excluding hydrogens is 641 g/mol. The molecule has 0 spiro atoms. The average molecular weight is 683 g/mol. The van der Waals surface area contributed by atoms with Crippen molar-refractivity contribution in [3.05, 3.63) is 198 Å². The summed E-state index contributed by atoms with van der Waals surface area (Å²) in [4.78, 5) is 2.43. The molecule has 1 heterocycles. The average Bonchev–Trinajstić information content (AvgIpc) is 3.67. The molecule has 3 aliphatic carbocycles. The van der Waals surface area contributed by atoms with Crippen LogP contribution in [0, 0.1) is 0 Å². The molecule has 1 atom stereocenters. The number of rotatable bonds is 6. The van der Waals surface area contributed by atoms with Crippen molar-refractivity contribution in [3.8, 4) is 16.8 Å². The molecule has 3 aliphatic rings. The van der Waals surface area contributed by atoms with Gasteiger partial charge in [0.05, 0.1) is 11.0 Å². The highest BCUT2D eigenvalue weighted by Crippen LogP contribution is 2.52. The fourth-order valence-electron chi connectivity index (χ4n) is 9.11. The Morgan fingerprint density at radius 2 is 1.34 bits per heavy atom. The van der Waals surface area contributed by atoms with E-state index in [1.54, 1.807) is 5.57 Å². The van der Waals surface area contributed by atoms with Crippen LogP contribution in [-0.2, 0) is 5.41 Å². The van der Waals surface area contributed by atoms with Gasteiger partial charge < -0.3 is 9.47 Å². The van der Waals surface area contributed by atoms with E-state index in [4.69, 9.17) is 0 Å². The Morgan fingerprint density at radius 1 is 0.623 bits per heavy atom. The highest BCUT2D eigenvalue weighted by Gasteiger charge is 2.37. The molecule has 0 radical (unpaired) electrons. The summed E-state index contributed by atoms with van der Waals surface area (Å²) < 4.78 is 2.38. The van der Waals surface area contributed by atoms with Crippen LogP contribution >= 0.6 is 0 Å². The van der Waals surface area contributed by atoms with Crippen LogP contribution < -0.4 is 4.90 Å². The van der Waals surface area contributed by atoms with Crippen LogP contribution in [0.4, 0.5) is 17.1 Å². The van der Waals surface area contributed by atoms with Gasteiger partial charge in [-0.2, -0.15) is 0 Å². The Kier molecular flexibility index (Phi) is 7.47. The Balaban J connectivity index is 1.05. The molecule has 1 aromatic heterocycles. The molecular formula is C51H42N2. The first-order valence-electron chi connectivity index (χ1n) is 19.0. The summed E-state index contributed by atoms with van der Waals surface area (Å²) in [6, 6.07) is 51.9. The summed E-state index contributed by atoms with van der Waals surface area (Å²) >= 11 is 0. The molecule has 0 saturated heterocycles. The quantitative estimate of drug-likeness (QED) is 0.169. The number of benzene rings is 6. The van der Waals surface area contributed by atoms with E-state index in [1.165, 1.54) is 72.3 Å². The van der Waals surface area contributed by atoms with Gasteiger partial charge in [0.15, 0.2) is 0 Å². The first-order chi connectivity index (χ1) is 26.0. The third-order valence-corrected chi connectivity index (χ3v) is 11.9. The van der Waals surface area contributed by atoms with Crippen molar-refractivity contribution in [2.75, 3.05) is 4.90 Å². The molecule has 0 amide bonds. The van der Waals surface area contributed by atoms with Crippen LogP contribution in [0.5, 0.6) is 0 Å². The predicted octanol–water partition coefficient (Wildman–Crippen LogP) is 13.9. The van der Waals surface area contributed by atoms with Crippen molar-refractivity contribution in [1.82, 2.24) is 4.57 Å². The van der Waals surface area contributed by atoms with Gasteiger partial charge in [-0.1, -0.05) is 129 Å². The van der Waals surface area contributed by atoms with Gasteiger partial charge in [-0.3, -0.25) is 0 Å². The maximum Gasteiger partial charge on any atom is 0.0541 e. The highest BCUT2D eigenvalue weighted by atomic mass is 15.1. The van der Waals surface area contributed by atoms with Crippen molar-refractivity contribution in [3.63, 3.8) is 0 Å². The van der Waals surface area contributed by atoms with Crippen molar-refractivity contribution >= 4 is 44.4 Å². The second-order valence-corrected chi connectivity index (χ2v) is 15.2. The van der Waals surface area contributed by atoms with E-state index < -0.39 is 0 Å². The van der Waals surface area contributed by atoms with E-state index in [0.29, 0.717) is 5.92 Å². The standard InChI is InChI=1S/C51H42N2/c1-51(2)47-19-11-9-17-43(47)44-31-30-42(34-48(44)51)52(40-26-21-36(22-27-40)35-13-5-3-6-14-35)41-28-23-37(24-29-41)38-25-32-50-46(33-38)45-18-10-12-20-49(45)53(50)39-15-7-4-8-16-39/h3-10,12-13,15-18,20-35H,11,14,19H2,1-2H3. The van der Waals surface area contributed by atoms with E-state index in [2.05, 4.69) is 199 Å². The van der Waals surface area contributed by atoms with E-state index in [0.717, 1.165) is 24.9 Å². The minimum Gasteiger partial charge on any atom is -0.310 e. The molecule has 1 unspecified atom stereocenters.